The molecule has 0 fully saturated rings. The molecule has 0 aromatic heterocycles. The molecular weight excluding hydrogens is 197 g/mol. The minimum Gasteiger partial charge on any atom is -0.343 e. The molecule has 0 saturated heterocycles. The molecule has 0 rings (SSSR count). The molecular formula is C13H26BNO. The van der Waals surface area contributed by atoms with Gasteiger partial charge in [0.15, 0.2) is 0 Å². The van der Waals surface area contributed by atoms with Gasteiger partial charge in [0.2, 0.25) is 5.91 Å². The van der Waals surface area contributed by atoms with Crippen molar-refractivity contribution in [3.8, 4) is 0 Å². The molecule has 0 aromatic rings. The summed E-state index contributed by atoms with van der Waals surface area (Å²) in [4.78, 5) is 13.6. The van der Waals surface area contributed by atoms with Crippen molar-refractivity contribution in [3.05, 3.63) is 0 Å². The van der Waals surface area contributed by atoms with Crippen LogP contribution < -0.4 is 0 Å². The fourth-order valence-corrected chi connectivity index (χ4v) is 1.46. The van der Waals surface area contributed by atoms with Crippen molar-refractivity contribution >= 4 is 13.8 Å². The van der Waals surface area contributed by atoms with Crippen LogP contribution in [0.4, 0.5) is 0 Å². The van der Waals surface area contributed by atoms with E-state index >= 15 is 0 Å². The zero-order chi connectivity index (χ0) is 13.0. The van der Waals surface area contributed by atoms with Gasteiger partial charge in [0, 0.05) is 13.1 Å². The second kappa shape index (κ2) is 5.74. The third kappa shape index (κ3) is 7.78. The maximum Gasteiger partial charge on any atom is 0.213 e. The molecule has 0 aliphatic heterocycles. The standard InChI is InChI=1S/C13H26BNO/c1-12(2,3)7-8-15(11(16)9-14)10-13(4,5)6/h7-10H2,1-6H3. The predicted molar refractivity (Wildman–Crippen MR) is 70.7 cm³/mol. The molecule has 2 nitrogen and oxygen atoms in total. The molecule has 1 amide bonds. The topological polar surface area (TPSA) is 20.3 Å². The second-order valence-corrected chi connectivity index (χ2v) is 6.89. The van der Waals surface area contributed by atoms with E-state index in [1.165, 1.54) is 0 Å². The van der Waals surface area contributed by atoms with Crippen molar-refractivity contribution < 1.29 is 4.79 Å². The Hall–Kier alpha value is -0.465. The van der Waals surface area contributed by atoms with Gasteiger partial charge in [0.25, 0.3) is 0 Å². The first kappa shape index (κ1) is 15.5. The first-order valence-corrected chi connectivity index (χ1v) is 6.03. The van der Waals surface area contributed by atoms with Gasteiger partial charge in [0.05, 0.1) is 7.85 Å². The van der Waals surface area contributed by atoms with Gasteiger partial charge in [-0.15, -0.1) is 0 Å². The first-order chi connectivity index (χ1) is 7.05. The van der Waals surface area contributed by atoms with Gasteiger partial charge in [-0.2, -0.15) is 0 Å². The highest BCUT2D eigenvalue weighted by Crippen LogP contribution is 2.21. The molecule has 0 aromatic carbocycles. The lowest BCUT2D eigenvalue weighted by molar-refractivity contribution is -0.130. The Morgan fingerprint density at radius 1 is 1.06 bits per heavy atom. The number of carbonyl (C=O) groups excluding carboxylic acids is 1. The highest BCUT2D eigenvalue weighted by atomic mass is 16.2. The van der Waals surface area contributed by atoms with Crippen molar-refractivity contribution in [1.29, 1.82) is 0 Å². The minimum atomic E-state index is 0.0548. The first-order valence-electron chi connectivity index (χ1n) is 6.03. The molecule has 0 saturated carbocycles. The summed E-state index contributed by atoms with van der Waals surface area (Å²) in [6.07, 6.45) is 1.12. The smallest absolute Gasteiger partial charge is 0.213 e. The van der Waals surface area contributed by atoms with E-state index in [1.807, 2.05) is 4.90 Å². The molecule has 16 heavy (non-hydrogen) atoms. The third-order valence-corrected chi connectivity index (χ3v) is 2.32. The molecule has 92 valence electrons. The Morgan fingerprint density at radius 2 is 1.56 bits per heavy atom. The fraction of sp³-hybridized carbons (Fsp3) is 0.923. The Bertz CT molecular complexity index is 225. The SMILES string of the molecule is [B]CC(=O)N(CCC(C)(C)C)CC(C)(C)C. The van der Waals surface area contributed by atoms with Crippen LogP contribution in [0.5, 0.6) is 0 Å². The van der Waals surface area contributed by atoms with E-state index in [4.69, 9.17) is 7.85 Å². The van der Waals surface area contributed by atoms with Gasteiger partial charge < -0.3 is 4.90 Å². The van der Waals surface area contributed by atoms with Gasteiger partial charge >= 0.3 is 0 Å². The minimum absolute atomic E-state index is 0.0548. The van der Waals surface area contributed by atoms with E-state index in [0.29, 0.717) is 0 Å². The molecule has 0 atom stereocenters. The highest BCUT2D eigenvalue weighted by molar-refractivity contribution is 6.19. The molecule has 0 unspecified atom stereocenters. The lowest BCUT2D eigenvalue weighted by Crippen LogP contribution is -2.39. The average molecular weight is 223 g/mol. The van der Waals surface area contributed by atoms with E-state index in [1.54, 1.807) is 0 Å². The Morgan fingerprint density at radius 3 is 1.88 bits per heavy atom. The van der Waals surface area contributed by atoms with Gasteiger partial charge in [-0.3, -0.25) is 4.79 Å². The summed E-state index contributed by atoms with van der Waals surface area (Å²) < 4.78 is 0. The van der Waals surface area contributed by atoms with Gasteiger partial charge in [-0.05, 0) is 23.6 Å². The maximum atomic E-state index is 11.7. The van der Waals surface area contributed by atoms with Crippen LogP contribution in [-0.2, 0) is 4.79 Å². The van der Waals surface area contributed by atoms with Crippen LogP contribution >= 0.6 is 0 Å². The zero-order valence-corrected chi connectivity index (χ0v) is 11.8. The largest absolute Gasteiger partial charge is 0.343 e. The van der Waals surface area contributed by atoms with Crippen LogP contribution in [0.2, 0.25) is 6.32 Å². The summed E-state index contributed by atoms with van der Waals surface area (Å²) in [6.45, 7) is 14.6. The average Bonchev–Trinajstić information content (AvgIpc) is 2.07. The van der Waals surface area contributed by atoms with Crippen LogP contribution in [0.25, 0.3) is 0 Å². The Labute approximate surface area is 102 Å². The number of carbonyl (C=O) groups is 1. The maximum absolute atomic E-state index is 11.7. The molecule has 3 heteroatoms. The van der Waals surface area contributed by atoms with E-state index in [9.17, 15) is 4.79 Å². The molecule has 0 N–H and O–H groups in total. The fourth-order valence-electron chi connectivity index (χ4n) is 1.46. The van der Waals surface area contributed by atoms with E-state index in [0.717, 1.165) is 19.5 Å². The summed E-state index contributed by atoms with van der Waals surface area (Å²) in [5.74, 6) is 0.0548. The number of hydrogen-bond acceptors (Lipinski definition) is 1. The Balaban J connectivity index is 4.40. The van der Waals surface area contributed by atoms with Crippen molar-refractivity contribution in [2.45, 2.75) is 54.3 Å². The Kier molecular flexibility index (Phi) is 5.57. The van der Waals surface area contributed by atoms with Gasteiger partial charge in [0.1, 0.15) is 0 Å². The highest BCUT2D eigenvalue weighted by Gasteiger charge is 2.21. The van der Waals surface area contributed by atoms with E-state index in [2.05, 4.69) is 41.5 Å². The van der Waals surface area contributed by atoms with Gasteiger partial charge in [-0.1, -0.05) is 41.5 Å². The summed E-state index contributed by atoms with van der Waals surface area (Å²) in [6, 6.07) is 0. The van der Waals surface area contributed by atoms with Crippen LogP contribution in [0.15, 0.2) is 0 Å². The second-order valence-electron chi connectivity index (χ2n) is 6.89. The molecule has 0 aliphatic rings. The van der Waals surface area contributed by atoms with Crippen LogP contribution in [0.1, 0.15) is 48.0 Å². The molecule has 0 heterocycles. The van der Waals surface area contributed by atoms with Crippen molar-refractivity contribution in [3.63, 3.8) is 0 Å². The lowest BCUT2D eigenvalue weighted by Gasteiger charge is -2.32. The van der Waals surface area contributed by atoms with Crippen LogP contribution in [-0.4, -0.2) is 31.7 Å². The molecule has 2 radical (unpaired) electrons. The molecule has 0 aliphatic carbocycles. The van der Waals surface area contributed by atoms with Gasteiger partial charge in [-0.25, -0.2) is 0 Å². The molecule has 0 spiro atoms. The monoisotopic (exact) mass is 223 g/mol. The lowest BCUT2D eigenvalue weighted by atomic mass is 9.90. The quantitative estimate of drug-likeness (QED) is 0.671. The normalized spacial score (nSPS) is 12.6. The summed E-state index contributed by atoms with van der Waals surface area (Å²) in [7, 11) is 5.44. The zero-order valence-electron chi connectivity index (χ0n) is 11.8. The summed E-state index contributed by atoms with van der Waals surface area (Å²) in [5, 5.41) is 0. The van der Waals surface area contributed by atoms with Crippen LogP contribution in [0, 0.1) is 10.8 Å². The number of amides is 1. The van der Waals surface area contributed by atoms with E-state index in [-0.39, 0.29) is 23.1 Å². The summed E-state index contributed by atoms with van der Waals surface area (Å²) >= 11 is 0. The predicted octanol–water partition coefficient (Wildman–Crippen LogP) is 2.88. The number of rotatable bonds is 4. The van der Waals surface area contributed by atoms with Crippen molar-refractivity contribution in [2.75, 3.05) is 13.1 Å². The number of hydrogen-bond donors (Lipinski definition) is 0. The third-order valence-electron chi connectivity index (χ3n) is 2.32. The van der Waals surface area contributed by atoms with Crippen molar-refractivity contribution in [1.82, 2.24) is 4.90 Å². The molecule has 0 bridgehead atoms. The number of nitrogens with zero attached hydrogens (tertiary/aromatic N) is 1. The van der Waals surface area contributed by atoms with E-state index < -0.39 is 0 Å². The van der Waals surface area contributed by atoms with Crippen molar-refractivity contribution in [2.24, 2.45) is 10.8 Å². The summed E-state index contributed by atoms with van der Waals surface area (Å²) in [5.41, 5.74) is 0.383. The van der Waals surface area contributed by atoms with Crippen LogP contribution in [0.3, 0.4) is 0 Å².